The molecule has 0 atom stereocenters. The van der Waals surface area contributed by atoms with Crippen molar-refractivity contribution in [1.29, 1.82) is 0 Å². The van der Waals surface area contributed by atoms with Crippen molar-refractivity contribution < 1.29 is 22.8 Å². The van der Waals surface area contributed by atoms with Gasteiger partial charge in [0.1, 0.15) is 0 Å². The zero-order valence-electron chi connectivity index (χ0n) is 17.2. The highest BCUT2D eigenvalue weighted by molar-refractivity contribution is 14.0. The minimum absolute atomic E-state index is 0. The van der Waals surface area contributed by atoms with Crippen LogP contribution in [0.2, 0.25) is 0 Å². The van der Waals surface area contributed by atoms with Crippen LogP contribution < -0.4 is 24.8 Å². The standard InChI is InChI=1S/C19H23N5O6S.HI/c1-20-19(21-8-7-14-5-6-17-18(11-14)30-13-29-17)22-9-10-23-31(27,28)16-4-2-3-15(12-16)24(25)26;/h2-6,11-12,23H,7-10,13H2,1H3,(H2,20,21,22);1H. The lowest BCUT2D eigenvalue weighted by atomic mass is 10.1. The van der Waals surface area contributed by atoms with Crippen molar-refractivity contribution >= 4 is 45.6 Å². The topological polar surface area (TPSA) is 144 Å². The molecule has 0 bridgehead atoms. The van der Waals surface area contributed by atoms with E-state index in [4.69, 9.17) is 9.47 Å². The molecule has 2 aromatic carbocycles. The third-order valence-corrected chi connectivity index (χ3v) is 5.87. The van der Waals surface area contributed by atoms with Crippen molar-refractivity contribution in [2.75, 3.05) is 33.5 Å². The molecule has 0 saturated carbocycles. The average molecular weight is 577 g/mol. The smallest absolute Gasteiger partial charge is 0.270 e. The summed E-state index contributed by atoms with van der Waals surface area (Å²) in [5.41, 5.74) is 0.796. The van der Waals surface area contributed by atoms with E-state index in [1.165, 1.54) is 18.2 Å². The predicted octanol–water partition coefficient (Wildman–Crippen LogP) is 1.63. The number of ether oxygens (including phenoxy) is 2. The maximum Gasteiger partial charge on any atom is 0.270 e. The number of nitrogens with one attached hydrogen (secondary N) is 3. The molecule has 0 aliphatic carbocycles. The highest BCUT2D eigenvalue weighted by Gasteiger charge is 2.17. The summed E-state index contributed by atoms with van der Waals surface area (Å²) in [5, 5.41) is 17.0. The molecule has 1 heterocycles. The number of non-ortho nitro benzene ring substituents is 1. The largest absolute Gasteiger partial charge is 0.454 e. The van der Waals surface area contributed by atoms with Gasteiger partial charge in [-0.2, -0.15) is 0 Å². The third kappa shape index (κ3) is 6.93. The quantitative estimate of drug-likeness (QED) is 0.102. The number of aliphatic imine (C=N–C) groups is 1. The molecule has 11 nitrogen and oxygen atoms in total. The van der Waals surface area contributed by atoms with Crippen LogP contribution in [0.3, 0.4) is 0 Å². The van der Waals surface area contributed by atoms with Gasteiger partial charge in [0.15, 0.2) is 17.5 Å². The zero-order valence-corrected chi connectivity index (χ0v) is 20.4. The Kier molecular flexibility index (Phi) is 9.46. The minimum Gasteiger partial charge on any atom is -0.454 e. The van der Waals surface area contributed by atoms with Crippen LogP contribution in [-0.2, 0) is 16.4 Å². The Morgan fingerprint density at radius 2 is 1.84 bits per heavy atom. The minimum atomic E-state index is -3.86. The van der Waals surface area contributed by atoms with Gasteiger partial charge in [0, 0.05) is 38.8 Å². The van der Waals surface area contributed by atoms with Gasteiger partial charge in [-0.3, -0.25) is 15.1 Å². The molecule has 32 heavy (non-hydrogen) atoms. The Morgan fingerprint density at radius 1 is 1.09 bits per heavy atom. The molecule has 3 N–H and O–H groups in total. The maximum absolute atomic E-state index is 12.3. The predicted molar refractivity (Wildman–Crippen MR) is 129 cm³/mol. The summed E-state index contributed by atoms with van der Waals surface area (Å²) in [4.78, 5) is 14.1. The lowest BCUT2D eigenvalue weighted by Gasteiger charge is -2.12. The van der Waals surface area contributed by atoms with Gasteiger partial charge in [-0.25, -0.2) is 13.1 Å². The van der Waals surface area contributed by atoms with E-state index in [0.29, 0.717) is 12.5 Å². The first-order valence-corrected chi connectivity index (χ1v) is 10.9. The molecule has 13 heteroatoms. The van der Waals surface area contributed by atoms with Crippen molar-refractivity contribution in [2.24, 2.45) is 4.99 Å². The van der Waals surface area contributed by atoms with Gasteiger partial charge in [-0.1, -0.05) is 12.1 Å². The molecule has 0 fully saturated rings. The van der Waals surface area contributed by atoms with E-state index in [0.717, 1.165) is 29.5 Å². The lowest BCUT2D eigenvalue weighted by molar-refractivity contribution is -0.385. The van der Waals surface area contributed by atoms with Gasteiger partial charge < -0.3 is 20.1 Å². The Balaban J connectivity index is 0.00000363. The van der Waals surface area contributed by atoms with Gasteiger partial charge in [0.05, 0.1) is 9.82 Å². The Bertz CT molecular complexity index is 1080. The van der Waals surface area contributed by atoms with E-state index >= 15 is 0 Å². The number of halogens is 1. The number of hydrogen-bond acceptors (Lipinski definition) is 7. The molecule has 0 spiro atoms. The van der Waals surface area contributed by atoms with E-state index < -0.39 is 14.9 Å². The fourth-order valence-corrected chi connectivity index (χ4v) is 3.93. The van der Waals surface area contributed by atoms with Crippen LogP contribution in [0.4, 0.5) is 5.69 Å². The maximum atomic E-state index is 12.3. The van der Waals surface area contributed by atoms with Crippen molar-refractivity contribution in [3.63, 3.8) is 0 Å². The molecule has 0 aromatic heterocycles. The van der Waals surface area contributed by atoms with E-state index in [1.54, 1.807) is 7.05 Å². The molecular formula is C19H24IN5O6S. The summed E-state index contributed by atoms with van der Waals surface area (Å²) in [7, 11) is -2.24. The second-order valence-corrected chi connectivity index (χ2v) is 8.28. The number of nitro groups is 1. The lowest BCUT2D eigenvalue weighted by Crippen LogP contribution is -2.42. The average Bonchev–Trinajstić information content (AvgIpc) is 3.23. The van der Waals surface area contributed by atoms with Gasteiger partial charge in [-0.05, 0) is 30.2 Å². The van der Waals surface area contributed by atoms with Gasteiger partial charge in [0.25, 0.3) is 5.69 Å². The number of rotatable bonds is 9. The Morgan fingerprint density at radius 3 is 2.59 bits per heavy atom. The number of benzene rings is 2. The Hall–Kier alpha value is -2.65. The van der Waals surface area contributed by atoms with Crippen LogP contribution in [0, 0.1) is 10.1 Å². The van der Waals surface area contributed by atoms with Crippen LogP contribution >= 0.6 is 24.0 Å². The monoisotopic (exact) mass is 577 g/mol. The van der Waals surface area contributed by atoms with Crippen molar-refractivity contribution in [3.8, 4) is 11.5 Å². The molecule has 0 radical (unpaired) electrons. The summed E-state index contributed by atoms with van der Waals surface area (Å²) in [5.74, 6) is 1.99. The van der Waals surface area contributed by atoms with E-state index in [9.17, 15) is 18.5 Å². The molecule has 1 aliphatic heterocycles. The van der Waals surface area contributed by atoms with Crippen LogP contribution in [0.5, 0.6) is 11.5 Å². The Labute approximate surface area is 202 Å². The summed E-state index contributed by atoms with van der Waals surface area (Å²) in [6.45, 7) is 1.20. The highest BCUT2D eigenvalue weighted by atomic mass is 127. The van der Waals surface area contributed by atoms with Crippen molar-refractivity contribution in [1.82, 2.24) is 15.4 Å². The van der Waals surface area contributed by atoms with Crippen LogP contribution in [0.25, 0.3) is 0 Å². The van der Waals surface area contributed by atoms with E-state index in [2.05, 4.69) is 20.3 Å². The van der Waals surface area contributed by atoms with E-state index in [-0.39, 0.29) is 54.4 Å². The molecule has 1 aliphatic rings. The van der Waals surface area contributed by atoms with Crippen LogP contribution in [0.15, 0.2) is 52.4 Å². The zero-order chi connectivity index (χ0) is 22.3. The first-order chi connectivity index (χ1) is 14.9. The summed E-state index contributed by atoms with van der Waals surface area (Å²) < 4.78 is 37.7. The number of sulfonamides is 1. The molecule has 0 saturated heterocycles. The molecule has 2 aromatic rings. The number of nitrogens with zero attached hydrogens (tertiary/aromatic N) is 2. The van der Waals surface area contributed by atoms with Crippen molar-refractivity contribution in [3.05, 3.63) is 58.1 Å². The molecule has 0 amide bonds. The van der Waals surface area contributed by atoms with Crippen LogP contribution in [-0.4, -0.2) is 52.8 Å². The first kappa shape index (κ1) is 25.6. The highest BCUT2D eigenvalue weighted by Crippen LogP contribution is 2.32. The molecule has 174 valence electrons. The molecule has 3 rings (SSSR count). The van der Waals surface area contributed by atoms with Gasteiger partial charge >= 0.3 is 0 Å². The van der Waals surface area contributed by atoms with Gasteiger partial charge in [0.2, 0.25) is 16.8 Å². The number of guanidine groups is 1. The van der Waals surface area contributed by atoms with Crippen LogP contribution in [0.1, 0.15) is 5.56 Å². The molecular weight excluding hydrogens is 553 g/mol. The fourth-order valence-electron chi connectivity index (χ4n) is 2.86. The van der Waals surface area contributed by atoms with Gasteiger partial charge in [-0.15, -0.1) is 24.0 Å². The summed E-state index contributed by atoms with van der Waals surface area (Å²) >= 11 is 0. The second kappa shape index (κ2) is 11.8. The second-order valence-electron chi connectivity index (χ2n) is 6.52. The fraction of sp³-hybridized carbons (Fsp3) is 0.316. The first-order valence-electron chi connectivity index (χ1n) is 9.46. The summed E-state index contributed by atoms with van der Waals surface area (Å²) in [6, 6.07) is 10.7. The molecule has 0 unspecified atom stereocenters. The summed E-state index contributed by atoms with van der Waals surface area (Å²) in [6.07, 6.45) is 0.733. The number of nitro benzene ring substituents is 1. The van der Waals surface area contributed by atoms with E-state index in [1.807, 2.05) is 18.2 Å². The number of hydrogen-bond donors (Lipinski definition) is 3. The third-order valence-electron chi connectivity index (χ3n) is 4.41. The normalized spacial score (nSPS) is 12.7. The number of fused-ring (bicyclic) bond motifs is 1. The SMILES string of the molecule is CN=C(NCCNS(=O)(=O)c1cccc([N+](=O)[O-])c1)NCCc1ccc2c(c1)OCO2.I. The van der Waals surface area contributed by atoms with Crippen molar-refractivity contribution in [2.45, 2.75) is 11.3 Å².